The molecule has 0 bridgehead atoms. The maximum atomic E-state index is 11.9. The van der Waals surface area contributed by atoms with Crippen molar-refractivity contribution in [3.8, 4) is 0 Å². The zero-order valence-corrected chi connectivity index (χ0v) is 10.2. The molecular formula is C12H23N3O. The Morgan fingerprint density at radius 3 is 2.62 bits per heavy atom. The van der Waals surface area contributed by atoms with E-state index in [1.54, 1.807) is 0 Å². The summed E-state index contributed by atoms with van der Waals surface area (Å²) in [6.45, 7) is 6.04. The van der Waals surface area contributed by atoms with Crippen LogP contribution in [0.5, 0.6) is 0 Å². The van der Waals surface area contributed by atoms with E-state index in [0.717, 1.165) is 45.4 Å². The summed E-state index contributed by atoms with van der Waals surface area (Å²) in [4.78, 5) is 14.3. The van der Waals surface area contributed by atoms with Gasteiger partial charge in [0.2, 0.25) is 5.91 Å². The van der Waals surface area contributed by atoms with E-state index >= 15 is 0 Å². The molecule has 0 radical (unpaired) electrons. The number of nitrogens with one attached hydrogen (secondary N) is 1. The molecule has 0 aromatic heterocycles. The summed E-state index contributed by atoms with van der Waals surface area (Å²) in [6, 6.07) is 0. The van der Waals surface area contributed by atoms with Crippen LogP contribution < -0.4 is 11.1 Å². The average Bonchev–Trinajstić information content (AvgIpc) is 2.30. The summed E-state index contributed by atoms with van der Waals surface area (Å²) in [5.41, 5.74) is 5.36. The van der Waals surface area contributed by atoms with Gasteiger partial charge in [-0.25, -0.2) is 0 Å². The van der Waals surface area contributed by atoms with Crippen molar-refractivity contribution in [3.63, 3.8) is 0 Å². The molecule has 0 aromatic rings. The van der Waals surface area contributed by atoms with Crippen molar-refractivity contribution in [1.29, 1.82) is 0 Å². The number of amides is 1. The van der Waals surface area contributed by atoms with Gasteiger partial charge in [-0.15, -0.1) is 0 Å². The fourth-order valence-corrected chi connectivity index (χ4v) is 3.39. The summed E-state index contributed by atoms with van der Waals surface area (Å²) < 4.78 is 0. The Kier molecular flexibility index (Phi) is 3.50. The first-order chi connectivity index (χ1) is 7.68. The summed E-state index contributed by atoms with van der Waals surface area (Å²) in [5, 5.41) is 3.33. The van der Waals surface area contributed by atoms with Crippen molar-refractivity contribution in [3.05, 3.63) is 0 Å². The maximum Gasteiger partial charge on any atom is 0.238 e. The third kappa shape index (κ3) is 1.84. The molecule has 4 nitrogen and oxygen atoms in total. The molecule has 0 aromatic carbocycles. The van der Waals surface area contributed by atoms with Gasteiger partial charge in [-0.05, 0) is 18.8 Å². The Bertz CT molecular complexity index is 263. The highest BCUT2D eigenvalue weighted by Crippen LogP contribution is 2.38. The molecule has 2 atom stereocenters. The lowest BCUT2D eigenvalue weighted by Gasteiger charge is -2.49. The van der Waals surface area contributed by atoms with Gasteiger partial charge in [0.1, 0.15) is 5.54 Å². The maximum absolute atomic E-state index is 11.9. The van der Waals surface area contributed by atoms with Crippen LogP contribution >= 0.6 is 0 Å². The molecule has 0 spiro atoms. The van der Waals surface area contributed by atoms with Gasteiger partial charge in [-0.1, -0.05) is 19.8 Å². The monoisotopic (exact) mass is 225 g/mol. The highest BCUT2D eigenvalue weighted by Gasteiger charge is 2.48. The Hall–Kier alpha value is -0.610. The van der Waals surface area contributed by atoms with Crippen molar-refractivity contribution in [2.45, 2.75) is 38.1 Å². The smallest absolute Gasteiger partial charge is 0.238 e. The molecule has 1 aliphatic carbocycles. The zero-order valence-electron chi connectivity index (χ0n) is 10.2. The Morgan fingerprint density at radius 2 is 2.06 bits per heavy atom. The largest absolute Gasteiger partial charge is 0.368 e. The quantitative estimate of drug-likeness (QED) is 0.712. The van der Waals surface area contributed by atoms with E-state index in [0.29, 0.717) is 5.92 Å². The molecular weight excluding hydrogens is 202 g/mol. The minimum absolute atomic E-state index is 0.110. The van der Waals surface area contributed by atoms with Crippen LogP contribution in [0.2, 0.25) is 0 Å². The average molecular weight is 225 g/mol. The molecule has 2 rings (SSSR count). The van der Waals surface area contributed by atoms with Gasteiger partial charge in [-0.2, -0.15) is 0 Å². The lowest BCUT2D eigenvalue weighted by molar-refractivity contribution is -0.137. The molecule has 1 aliphatic heterocycles. The second-order valence-corrected chi connectivity index (χ2v) is 5.17. The van der Waals surface area contributed by atoms with Gasteiger partial charge < -0.3 is 11.1 Å². The number of nitrogens with two attached hydrogens (primary N) is 1. The van der Waals surface area contributed by atoms with Crippen LogP contribution in [0.15, 0.2) is 0 Å². The molecule has 16 heavy (non-hydrogen) atoms. The highest BCUT2D eigenvalue weighted by atomic mass is 16.1. The SMILES string of the molecule is CC1CCCCC1(C(N)=O)N1CCNCC1. The number of carbonyl (C=O) groups is 1. The first-order valence-corrected chi connectivity index (χ1v) is 6.43. The normalized spacial score (nSPS) is 37.2. The second kappa shape index (κ2) is 4.72. The van der Waals surface area contributed by atoms with Crippen LogP contribution in [0.1, 0.15) is 32.6 Å². The van der Waals surface area contributed by atoms with Crippen LogP contribution in [0, 0.1) is 5.92 Å². The van der Waals surface area contributed by atoms with Gasteiger partial charge in [0.25, 0.3) is 0 Å². The van der Waals surface area contributed by atoms with E-state index in [2.05, 4.69) is 17.1 Å². The molecule has 2 unspecified atom stereocenters. The van der Waals surface area contributed by atoms with Crippen LogP contribution in [0.25, 0.3) is 0 Å². The molecule has 2 fully saturated rings. The predicted octanol–water partition coefficient (Wildman–Crippen LogP) is 0.326. The summed E-state index contributed by atoms with van der Waals surface area (Å²) in [6.07, 6.45) is 4.45. The van der Waals surface area contributed by atoms with E-state index in [1.165, 1.54) is 6.42 Å². The van der Waals surface area contributed by atoms with Crippen LogP contribution in [0.4, 0.5) is 0 Å². The molecule has 92 valence electrons. The number of nitrogens with zero attached hydrogens (tertiary/aromatic N) is 1. The zero-order chi connectivity index (χ0) is 11.6. The number of hydrogen-bond donors (Lipinski definition) is 2. The van der Waals surface area contributed by atoms with Gasteiger partial charge >= 0.3 is 0 Å². The summed E-state index contributed by atoms with van der Waals surface area (Å²) in [7, 11) is 0. The molecule has 1 heterocycles. The van der Waals surface area contributed by atoms with Crippen LogP contribution in [-0.2, 0) is 4.79 Å². The van der Waals surface area contributed by atoms with E-state index in [4.69, 9.17) is 5.73 Å². The third-order valence-electron chi connectivity index (χ3n) is 4.37. The molecule has 1 saturated carbocycles. The molecule has 1 saturated heterocycles. The lowest BCUT2D eigenvalue weighted by Crippen LogP contribution is -2.66. The summed E-state index contributed by atoms with van der Waals surface area (Å²) in [5.74, 6) is 0.290. The van der Waals surface area contributed by atoms with Crippen LogP contribution in [-0.4, -0.2) is 42.5 Å². The second-order valence-electron chi connectivity index (χ2n) is 5.17. The first kappa shape index (κ1) is 11.9. The minimum Gasteiger partial charge on any atom is -0.368 e. The summed E-state index contributed by atoms with van der Waals surface area (Å²) >= 11 is 0. The molecule has 2 aliphatic rings. The van der Waals surface area contributed by atoms with E-state index in [-0.39, 0.29) is 11.4 Å². The number of hydrogen-bond acceptors (Lipinski definition) is 3. The fourth-order valence-electron chi connectivity index (χ4n) is 3.39. The van der Waals surface area contributed by atoms with Crippen molar-refractivity contribution in [1.82, 2.24) is 10.2 Å². The van der Waals surface area contributed by atoms with Crippen molar-refractivity contribution in [2.75, 3.05) is 26.2 Å². The first-order valence-electron chi connectivity index (χ1n) is 6.43. The number of rotatable bonds is 2. The highest BCUT2D eigenvalue weighted by molar-refractivity contribution is 5.85. The Labute approximate surface area is 97.6 Å². The molecule has 3 N–H and O–H groups in total. The molecule has 1 amide bonds. The van der Waals surface area contributed by atoms with Crippen molar-refractivity contribution in [2.24, 2.45) is 11.7 Å². The van der Waals surface area contributed by atoms with Crippen LogP contribution in [0.3, 0.4) is 0 Å². The molecule has 4 heteroatoms. The van der Waals surface area contributed by atoms with Crippen molar-refractivity contribution < 1.29 is 4.79 Å². The fraction of sp³-hybridized carbons (Fsp3) is 0.917. The van der Waals surface area contributed by atoms with Gasteiger partial charge in [0.05, 0.1) is 0 Å². The lowest BCUT2D eigenvalue weighted by atomic mass is 9.71. The third-order valence-corrected chi connectivity index (χ3v) is 4.37. The van der Waals surface area contributed by atoms with Gasteiger partial charge in [-0.3, -0.25) is 9.69 Å². The predicted molar refractivity (Wildman–Crippen MR) is 64.0 cm³/mol. The Balaban J connectivity index is 2.22. The minimum atomic E-state index is -0.361. The Morgan fingerprint density at radius 1 is 1.38 bits per heavy atom. The van der Waals surface area contributed by atoms with Crippen molar-refractivity contribution >= 4 is 5.91 Å². The number of piperazine rings is 1. The topological polar surface area (TPSA) is 58.4 Å². The van der Waals surface area contributed by atoms with E-state index < -0.39 is 0 Å². The van der Waals surface area contributed by atoms with E-state index in [9.17, 15) is 4.79 Å². The standard InChI is InChI=1S/C12H23N3O/c1-10-4-2-3-5-12(10,11(13)16)15-8-6-14-7-9-15/h10,14H,2-9H2,1H3,(H2,13,16). The number of primary amides is 1. The van der Waals surface area contributed by atoms with E-state index in [1.807, 2.05) is 0 Å². The van der Waals surface area contributed by atoms with Gasteiger partial charge in [0.15, 0.2) is 0 Å². The number of carbonyl (C=O) groups excluding carboxylic acids is 1. The van der Waals surface area contributed by atoms with Gasteiger partial charge in [0, 0.05) is 26.2 Å².